The lowest BCUT2D eigenvalue weighted by atomic mass is 10.1. The van der Waals surface area contributed by atoms with Crippen molar-refractivity contribution in [3.8, 4) is 5.75 Å². The molecule has 1 heterocycles. The Balaban J connectivity index is 2.05. The largest absolute Gasteiger partial charge is 0.507 e. The summed E-state index contributed by atoms with van der Waals surface area (Å²) >= 11 is 2.13. The third kappa shape index (κ3) is 2.46. The summed E-state index contributed by atoms with van der Waals surface area (Å²) in [6.07, 6.45) is 0.775. The fourth-order valence-corrected chi connectivity index (χ4v) is 3.26. The summed E-state index contributed by atoms with van der Waals surface area (Å²) in [7, 11) is 0. The van der Waals surface area contributed by atoms with E-state index in [1.54, 1.807) is 29.2 Å². The minimum absolute atomic E-state index is 0.0107. The Labute approximate surface area is 136 Å². The van der Waals surface area contributed by atoms with Crippen LogP contribution in [-0.4, -0.2) is 17.1 Å². The van der Waals surface area contributed by atoms with Gasteiger partial charge in [-0.05, 0) is 77.9 Å². The molecule has 0 aliphatic carbocycles. The maximum atomic E-state index is 12.8. The number of benzene rings is 2. The topological polar surface area (TPSA) is 66.6 Å². The van der Waals surface area contributed by atoms with Gasteiger partial charge in [0.1, 0.15) is 5.75 Å². The first kappa shape index (κ1) is 14.2. The Morgan fingerprint density at radius 3 is 2.86 bits per heavy atom. The van der Waals surface area contributed by atoms with Gasteiger partial charge in [-0.25, -0.2) is 0 Å². The molecular weight excluding hydrogens is 379 g/mol. The number of phenolic OH excluding ortho intramolecular Hbond substituents is 1. The minimum Gasteiger partial charge on any atom is -0.507 e. The van der Waals surface area contributed by atoms with Gasteiger partial charge in [0.25, 0.3) is 5.91 Å². The number of nitrogens with zero attached hydrogens (tertiary/aromatic N) is 1. The molecule has 4 nitrogen and oxygen atoms in total. The van der Waals surface area contributed by atoms with Crippen molar-refractivity contribution in [2.24, 2.45) is 0 Å². The summed E-state index contributed by atoms with van der Waals surface area (Å²) in [6.45, 7) is 2.00. The van der Waals surface area contributed by atoms with Crippen LogP contribution in [0.15, 0.2) is 36.4 Å². The maximum absolute atomic E-state index is 12.8. The molecule has 3 rings (SSSR count). The van der Waals surface area contributed by atoms with Crippen LogP contribution < -0.4 is 10.6 Å². The van der Waals surface area contributed by atoms with Crippen LogP contribution in [-0.2, 0) is 6.42 Å². The number of fused-ring (bicyclic) bond motifs is 1. The van der Waals surface area contributed by atoms with E-state index in [9.17, 15) is 9.90 Å². The molecule has 21 heavy (non-hydrogen) atoms. The van der Waals surface area contributed by atoms with Crippen LogP contribution in [0.4, 0.5) is 11.4 Å². The lowest BCUT2D eigenvalue weighted by molar-refractivity contribution is 0.0979. The number of nitrogens with two attached hydrogens (primary N) is 1. The molecule has 0 saturated heterocycles. The molecule has 1 aliphatic rings. The minimum atomic E-state index is -0.179. The molecule has 5 heteroatoms. The van der Waals surface area contributed by atoms with E-state index in [4.69, 9.17) is 5.73 Å². The molecule has 108 valence electrons. The van der Waals surface area contributed by atoms with Gasteiger partial charge < -0.3 is 15.7 Å². The van der Waals surface area contributed by atoms with Crippen LogP contribution in [0.3, 0.4) is 0 Å². The van der Waals surface area contributed by atoms with Gasteiger partial charge in [0.05, 0.1) is 5.56 Å². The zero-order chi connectivity index (χ0) is 15.1. The van der Waals surface area contributed by atoms with Crippen LogP contribution in [0.2, 0.25) is 0 Å². The van der Waals surface area contributed by atoms with E-state index in [0.717, 1.165) is 21.2 Å². The van der Waals surface area contributed by atoms with Crippen molar-refractivity contribution in [1.82, 2.24) is 0 Å². The standard InChI is InChI=1S/C16H15IN2O2/c1-9-6-10-7-12(18)3-4-14(10)19(9)16(21)13-8-11(17)2-5-15(13)20/h2-5,7-9,20H,6,18H2,1H3. The zero-order valence-electron chi connectivity index (χ0n) is 11.5. The molecule has 1 amide bonds. The number of carbonyl (C=O) groups excluding carboxylic acids is 1. The van der Waals surface area contributed by atoms with Crippen molar-refractivity contribution in [2.45, 2.75) is 19.4 Å². The Morgan fingerprint density at radius 2 is 2.10 bits per heavy atom. The third-order valence-corrected chi connectivity index (χ3v) is 4.40. The highest BCUT2D eigenvalue weighted by Gasteiger charge is 2.32. The number of aromatic hydroxyl groups is 1. The number of rotatable bonds is 1. The molecule has 0 bridgehead atoms. The van der Waals surface area contributed by atoms with Gasteiger partial charge >= 0.3 is 0 Å². The fourth-order valence-electron chi connectivity index (χ4n) is 2.77. The average molecular weight is 394 g/mol. The number of hydrogen-bond donors (Lipinski definition) is 2. The summed E-state index contributed by atoms with van der Waals surface area (Å²) in [5, 5.41) is 9.97. The van der Waals surface area contributed by atoms with Gasteiger partial charge in [0.15, 0.2) is 0 Å². The van der Waals surface area contributed by atoms with Crippen molar-refractivity contribution in [3.63, 3.8) is 0 Å². The third-order valence-electron chi connectivity index (χ3n) is 3.73. The van der Waals surface area contributed by atoms with E-state index in [1.165, 1.54) is 0 Å². The first-order valence-electron chi connectivity index (χ1n) is 6.68. The van der Waals surface area contributed by atoms with Crippen molar-refractivity contribution >= 4 is 39.9 Å². The van der Waals surface area contributed by atoms with E-state index >= 15 is 0 Å². The Kier molecular flexibility index (Phi) is 3.52. The van der Waals surface area contributed by atoms with Crippen molar-refractivity contribution in [2.75, 3.05) is 10.6 Å². The van der Waals surface area contributed by atoms with Crippen LogP contribution in [0.25, 0.3) is 0 Å². The van der Waals surface area contributed by atoms with Gasteiger partial charge in [0.2, 0.25) is 0 Å². The van der Waals surface area contributed by atoms with E-state index in [2.05, 4.69) is 22.6 Å². The second-order valence-electron chi connectivity index (χ2n) is 5.28. The van der Waals surface area contributed by atoms with Crippen LogP contribution in [0, 0.1) is 3.57 Å². The Bertz CT molecular complexity index is 730. The zero-order valence-corrected chi connectivity index (χ0v) is 13.7. The molecular formula is C16H15IN2O2. The predicted molar refractivity (Wildman–Crippen MR) is 91.7 cm³/mol. The molecule has 0 aromatic heterocycles. The molecule has 0 spiro atoms. The molecule has 1 unspecified atom stereocenters. The number of amides is 1. The van der Waals surface area contributed by atoms with Crippen LogP contribution in [0.5, 0.6) is 5.75 Å². The highest BCUT2D eigenvalue weighted by atomic mass is 127. The molecule has 2 aromatic rings. The number of phenols is 1. The van der Waals surface area contributed by atoms with Gasteiger partial charge in [-0.1, -0.05) is 0 Å². The lowest BCUT2D eigenvalue weighted by Crippen LogP contribution is -2.35. The van der Waals surface area contributed by atoms with Gasteiger partial charge in [-0.15, -0.1) is 0 Å². The van der Waals surface area contributed by atoms with E-state index in [1.807, 2.05) is 19.1 Å². The van der Waals surface area contributed by atoms with Crippen molar-refractivity contribution < 1.29 is 9.90 Å². The number of carbonyl (C=O) groups is 1. The van der Waals surface area contributed by atoms with Crippen molar-refractivity contribution in [1.29, 1.82) is 0 Å². The Hall–Kier alpha value is -1.76. The number of halogens is 1. The van der Waals surface area contributed by atoms with Gasteiger partial charge in [-0.3, -0.25) is 4.79 Å². The maximum Gasteiger partial charge on any atom is 0.262 e. The van der Waals surface area contributed by atoms with Crippen molar-refractivity contribution in [3.05, 3.63) is 51.1 Å². The second kappa shape index (κ2) is 5.22. The molecule has 3 N–H and O–H groups in total. The summed E-state index contributed by atoms with van der Waals surface area (Å²) < 4.78 is 0.915. The Morgan fingerprint density at radius 1 is 1.33 bits per heavy atom. The SMILES string of the molecule is CC1Cc2cc(N)ccc2N1C(=O)c1cc(I)ccc1O. The summed E-state index contributed by atoms with van der Waals surface area (Å²) in [4.78, 5) is 14.5. The number of hydrogen-bond acceptors (Lipinski definition) is 3. The summed E-state index contributed by atoms with van der Waals surface area (Å²) in [5.74, 6) is -0.168. The summed E-state index contributed by atoms with van der Waals surface area (Å²) in [6, 6.07) is 10.7. The normalized spacial score (nSPS) is 16.9. The first-order chi connectivity index (χ1) is 9.97. The smallest absolute Gasteiger partial charge is 0.262 e. The highest BCUT2D eigenvalue weighted by molar-refractivity contribution is 14.1. The van der Waals surface area contributed by atoms with E-state index < -0.39 is 0 Å². The quantitative estimate of drug-likeness (QED) is 0.577. The molecule has 1 aliphatic heterocycles. The number of anilines is 2. The molecule has 1 atom stereocenters. The van der Waals surface area contributed by atoms with Gasteiger partial charge in [-0.2, -0.15) is 0 Å². The monoisotopic (exact) mass is 394 g/mol. The molecule has 0 radical (unpaired) electrons. The van der Waals surface area contributed by atoms with Crippen LogP contribution >= 0.6 is 22.6 Å². The second-order valence-corrected chi connectivity index (χ2v) is 6.52. The van der Waals surface area contributed by atoms with E-state index in [0.29, 0.717) is 11.3 Å². The first-order valence-corrected chi connectivity index (χ1v) is 7.75. The molecule has 2 aromatic carbocycles. The molecule has 0 saturated carbocycles. The average Bonchev–Trinajstić information content (AvgIpc) is 2.75. The summed E-state index contributed by atoms with van der Waals surface area (Å²) in [5.41, 5.74) is 8.79. The molecule has 0 fully saturated rings. The predicted octanol–water partition coefficient (Wildman–Crippen LogP) is 3.17. The fraction of sp³-hybridized carbons (Fsp3) is 0.188. The highest BCUT2D eigenvalue weighted by Crippen LogP contribution is 2.35. The van der Waals surface area contributed by atoms with Crippen LogP contribution in [0.1, 0.15) is 22.8 Å². The lowest BCUT2D eigenvalue weighted by Gasteiger charge is -2.23. The van der Waals surface area contributed by atoms with E-state index in [-0.39, 0.29) is 17.7 Å². The van der Waals surface area contributed by atoms with Gasteiger partial charge in [0, 0.05) is 21.0 Å². The number of nitrogen functional groups attached to an aromatic ring is 1.